The molecule has 1 aromatic rings. The first-order chi connectivity index (χ1) is 11.1. The van der Waals surface area contributed by atoms with Crippen molar-refractivity contribution in [2.45, 2.75) is 52.5 Å². The highest BCUT2D eigenvalue weighted by Gasteiger charge is 2.18. The molecule has 4 heteroatoms. The van der Waals surface area contributed by atoms with Gasteiger partial charge >= 0.3 is 0 Å². The number of hydrogen-bond donors (Lipinski definition) is 0. The molecule has 0 unspecified atom stereocenters. The van der Waals surface area contributed by atoms with Crippen LogP contribution >= 0.6 is 0 Å². The summed E-state index contributed by atoms with van der Waals surface area (Å²) in [5.41, 5.74) is 2.32. The minimum Gasteiger partial charge on any atom is -0.343 e. The Kier molecular flexibility index (Phi) is 6.63. The fraction of sp³-hybridized carbons (Fsp3) is 0.579. The Hall–Kier alpha value is -1.84. The van der Waals surface area contributed by atoms with Crippen molar-refractivity contribution in [2.75, 3.05) is 19.6 Å². The third-order valence-corrected chi connectivity index (χ3v) is 4.62. The molecule has 1 aromatic carbocycles. The molecule has 2 rings (SSSR count). The summed E-state index contributed by atoms with van der Waals surface area (Å²) in [6, 6.07) is 8.08. The van der Waals surface area contributed by atoms with Crippen molar-refractivity contribution in [1.29, 1.82) is 0 Å². The minimum absolute atomic E-state index is 0.0249. The Bertz CT molecular complexity index is 534. The van der Waals surface area contributed by atoms with Gasteiger partial charge in [-0.25, -0.2) is 0 Å². The van der Waals surface area contributed by atoms with E-state index in [1.807, 2.05) is 23.1 Å². The average Bonchev–Trinajstić information content (AvgIpc) is 2.81. The van der Waals surface area contributed by atoms with Gasteiger partial charge in [0, 0.05) is 39.5 Å². The molecule has 4 nitrogen and oxygen atoms in total. The molecule has 0 spiro atoms. The van der Waals surface area contributed by atoms with Crippen molar-refractivity contribution in [1.82, 2.24) is 9.80 Å². The number of amides is 2. The van der Waals surface area contributed by atoms with E-state index in [1.54, 1.807) is 11.8 Å². The van der Waals surface area contributed by atoms with Crippen LogP contribution in [0.3, 0.4) is 0 Å². The van der Waals surface area contributed by atoms with Gasteiger partial charge in [0.2, 0.25) is 11.8 Å². The van der Waals surface area contributed by atoms with Crippen LogP contribution in [-0.4, -0.2) is 41.2 Å². The summed E-state index contributed by atoms with van der Waals surface area (Å²) in [7, 11) is 0. The number of carbonyl (C=O) groups excluding carboxylic acids is 2. The predicted molar refractivity (Wildman–Crippen MR) is 91.9 cm³/mol. The summed E-state index contributed by atoms with van der Waals surface area (Å²) < 4.78 is 0. The third kappa shape index (κ3) is 5.38. The molecule has 0 aromatic heterocycles. The van der Waals surface area contributed by atoms with Gasteiger partial charge < -0.3 is 9.80 Å². The summed E-state index contributed by atoms with van der Waals surface area (Å²) in [5.74, 6) is 0.208. The number of benzene rings is 1. The van der Waals surface area contributed by atoms with Crippen LogP contribution in [0.4, 0.5) is 0 Å². The summed E-state index contributed by atoms with van der Waals surface area (Å²) in [5, 5.41) is 0. The maximum atomic E-state index is 12.4. The second-order valence-electron chi connectivity index (χ2n) is 6.41. The number of hydrogen-bond acceptors (Lipinski definition) is 2. The van der Waals surface area contributed by atoms with Crippen molar-refractivity contribution in [3.05, 3.63) is 35.4 Å². The number of nitrogens with zero attached hydrogens (tertiary/aromatic N) is 2. The van der Waals surface area contributed by atoms with Crippen LogP contribution in [0, 0.1) is 6.92 Å². The molecule has 0 radical (unpaired) electrons. The smallest absolute Gasteiger partial charge is 0.224 e. The van der Waals surface area contributed by atoms with Crippen molar-refractivity contribution in [3.63, 3.8) is 0 Å². The Labute approximate surface area is 139 Å². The molecule has 2 amide bonds. The van der Waals surface area contributed by atoms with E-state index in [2.05, 4.69) is 13.0 Å². The predicted octanol–water partition coefficient (Wildman–Crippen LogP) is 3.14. The van der Waals surface area contributed by atoms with Gasteiger partial charge in [-0.15, -0.1) is 0 Å². The van der Waals surface area contributed by atoms with Crippen molar-refractivity contribution >= 4 is 11.8 Å². The Morgan fingerprint density at radius 3 is 2.35 bits per heavy atom. The zero-order chi connectivity index (χ0) is 16.7. The lowest BCUT2D eigenvalue weighted by Crippen LogP contribution is -2.36. The Morgan fingerprint density at radius 1 is 1.09 bits per heavy atom. The van der Waals surface area contributed by atoms with Crippen molar-refractivity contribution in [3.8, 4) is 0 Å². The topological polar surface area (TPSA) is 40.6 Å². The molecule has 0 bridgehead atoms. The molecule has 0 atom stereocenters. The fourth-order valence-corrected chi connectivity index (χ4v) is 3.05. The van der Waals surface area contributed by atoms with E-state index in [0.717, 1.165) is 31.5 Å². The van der Waals surface area contributed by atoms with Gasteiger partial charge in [-0.05, 0) is 30.9 Å². The standard InChI is InChI=1S/C19H28N2O2/c1-16-9-5-6-10-18(16)15-21(17(2)22)14-11-19(23)20-12-7-3-4-8-13-20/h5-6,9-10H,3-4,7-8,11-15H2,1-2H3. The highest BCUT2D eigenvalue weighted by atomic mass is 16.2. The number of rotatable bonds is 5. The van der Waals surface area contributed by atoms with E-state index >= 15 is 0 Å². The number of aryl methyl sites for hydroxylation is 1. The quantitative estimate of drug-likeness (QED) is 0.837. The van der Waals surface area contributed by atoms with Gasteiger partial charge in [0.25, 0.3) is 0 Å². The molecule has 126 valence electrons. The maximum absolute atomic E-state index is 12.4. The van der Waals surface area contributed by atoms with E-state index < -0.39 is 0 Å². The van der Waals surface area contributed by atoms with Gasteiger partial charge in [0.1, 0.15) is 0 Å². The van der Waals surface area contributed by atoms with Crippen LogP contribution in [0.2, 0.25) is 0 Å². The monoisotopic (exact) mass is 316 g/mol. The molecule has 0 N–H and O–H groups in total. The van der Waals surface area contributed by atoms with Crippen molar-refractivity contribution < 1.29 is 9.59 Å². The van der Waals surface area contributed by atoms with Gasteiger partial charge in [0.05, 0.1) is 0 Å². The van der Waals surface area contributed by atoms with Crippen LogP contribution in [-0.2, 0) is 16.1 Å². The van der Waals surface area contributed by atoms with E-state index in [-0.39, 0.29) is 11.8 Å². The van der Waals surface area contributed by atoms with Crippen molar-refractivity contribution in [2.24, 2.45) is 0 Å². The van der Waals surface area contributed by atoms with Crippen LogP contribution < -0.4 is 0 Å². The lowest BCUT2D eigenvalue weighted by molar-refractivity contribution is -0.133. The first kappa shape index (κ1) is 17.5. The minimum atomic E-state index is 0.0249. The molecule has 1 saturated heterocycles. The lowest BCUT2D eigenvalue weighted by Gasteiger charge is -2.25. The first-order valence-corrected chi connectivity index (χ1v) is 8.65. The molecule has 1 heterocycles. The average molecular weight is 316 g/mol. The van der Waals surface area contributed by atoms with E-state index in [9.17, 15) is 9.59 Å². The molecular formula is C19H28N2O2. The molecular weight excluding hydrogens is 288 g/mol. The molecule has 23 heavy (non-hydrogen) atoms. The highest BCUT2D eigenvalue weighted by molar-refractivity contribution is 5.78. The zero-order valence-electron chi connectivity index (χ0n) is 14.4. The maximum Gasteiger partial charge on any atom is 0.224 e. The fourth-order valence-electron chi connectivity index (χ4n) is 3.05. The normalized spacial score (nSPS) is 15.1. The molecule has 0 saturated carbocycles. The second-order valence-corrected chi connectivity index (χ2v) is 6.41. The Morgan fingerprint density at radius 2 is 1.74 bits per heavy atom. The van der Waals surface area contributed by atoms with E-state index in [1.165, 1.54) is 18.4 Å². The largest absolute Gasteiger partial charge is 0.343 e. The highest BCUT2D eigenvalue weighted by Crippen LogP contribution is 2.13. The van der Waals surface area contributed by atoms with Crippen LogP contribution in [0.1, 0.15) is 50.2 Å². The Balaban J connectivity index is 1.90. The summed E-state index contributed by atoms with van der Waals surface area (Å²) in [4.78, 5) is 28.0. The number of carbonyl (C=O) groups is 2. The van der Waals surface area contributed by atoms with Gasteiger partial charge in [0.15, 0.2) is 0 Å². The van der Waals surface area contributed by atoms with Gasteiger partial charge in [-0.3, -0.25) is 9.59 Å². The van der Waals surface area contributed by atoms with E-state index in [4.69, 9.17) is 0 Å². The number of likely N-dealkylation sites (tertiary alicyclic amines) is 1. The summed E-state index contributed by atoms with van der Waals surface area (Å²) in [6.07, 6.45) is 5.06. The SMILES string of the molecule is CC(=O)N(CCC(=O)N1CCCCCC1)Cc1ccccc1C. The third-order valence-electron chi connectivity index (χ3n) is 4.62. The van der Waals surface area contributed by atoms with E-state index in [0.29, 0.717) is 19.5 Å². The van der Waals surface area contributed by atoms with Crippen LogP contribution in [0.15, 0.2) is 24.3 Å². The van der Waals surface area contributed by atoms with Gasteiger partial charge in [-0.1, -0.05) is 37.1 Å². The molecule has 1 aliphatic rings. The molecule has 1 fully saturated rings. The second kappa shape index (κ2) is 8.70. The molecule has 0 aliphatic carbocycles. The van der Waals surface area contributed by atoms with Crippen LogP contribution in [0.25, 0.3) is 0 Å². The lowest BCUT2D eigenvalue weighted by atomic mass is 10.1. The summed E-state index contributed by atoms with van der Waals surface area (Å²) in [6.45, 7) is 6.45. The zero-order valence-corrected chi connectivity index (χ0v) is 14.4. The first-order valence-electron chi connectivity index (χ1n) is 8.65. The van der Waals surface area contributed by atoms with Gasteiger partial charge in [-0.2, -0.15) is 0 Å². The summed E-state index contributed by atoms with van der Waals surface area (Å²) >= 11 is 0. The van der Waals surface area contributed by atoms with Crippen LogP contribution in [0.5, 0.6) is 0 Å². The molecule has 1 aliphatic heterocycles.